The van der Waals surface area contributed by atoms with E-state index in [4.69, 9.17) is 9.84 Å². The highest BCUT2D eigenvalue weighted by Gasteiger charge is 2.13. The normalized spacial score (nSPS) is 12.9. The molecule has 1 unspecified atom stereocenters. The molecule has 0 radical (unpaired) electrons. The average Bonchev–Trinajstić information content (AvgIpc) is 2.72. The zero-order chi connectivity index (χ0) is 12.8. The first-order valence-electron chi connectivity index (χ1n) is 5.59. The molecule has 5 heteroatoms. The predicted octanol–water partition coefficient (Wildman–Crippen LogP) is 2.21. The van der Waals surface area contributed by atoms with E-state index in [-0.39, 0.29) is 6.04 Å². The molecule has 4 nitrogen and oxygen atoms in total. The Bertz CT molecular complexity index is 362. The second-order valence-electron chi connectivity index (χ2n) is 4.26. The van der Waals surface area contributed by atoms with Gasteiger partial charge in [0.15, 0.2) is 0 Å². The van der Waals surface area contributed by atoms with Crippen molar-refractivity contribution in [3.05, 3.63) is 21.9 Å². The van der Waals surface area contributed by atoms with Crippen LogP contribution in [0.25, 0.3) is 0 Å². The van der Waals surface area contributed by atoms with Crippen molar-refractivity contribution >= 4 is 17.3 Å². The third-order valence-corrected chi connectivity index (χ3v) is 3.64. The maximum atomic E-state index is 10.7. The molecule has 1 aromatic heterocycles. The molecule has 0 amide bonds. The molecule has 0 bridgehead atoms. The average molecular weight is 257 g/mol. The van der Waals surface area contributed by atoms with E-state index < -0.39 is 5.97 Å². The van der Waals surface area contributed by atoms with Gasteiger partial charge in [-0.1, -0.05) is 13.8 Å². The lowest BCUT2D eigenvalue weighted by Crippen LogP contribution is -2.37. The minimum atomic E-state index is -0.862. The van der Waals surface area contributed by atoms with E-state index in [9.17, 15) is 4.79 Å². The number of carboxylic acids is 1. The maximum absolute atomic E-state index is 10.7. The minimum Gasteiger partial charge on any atom is -0.477 e. The SMILES string of the molecule is COCC(NCc1ccc(C(=O)O)s1)C(C)C. The van der Waals surface area contributed by atoms with Crippen LogP contribution in [0.3, 0.4) is 0 Å². The van der Waals surface area contributed by atoms with Crippen LogP contribution in [-0.4, -0.2) is 30.8 Å². The number of nitrogens with one attached hydrogen (secondary N) is 1. The van der Waals surface area contributed by atoms with Gasteiger partial charge in [0.2, 0.25) is 0 Å². The third-order valence-electron chi connectivity index (χ3n) is 2.56. The molecule has 0 aliphatic rings. The molecule has 0 spiro atoms. The van der Waals surface area contributed by atoms with Gasteiger partial charge in [-0.2, -0.15) is 0 Å². The first-order chi connectivity index (χ1) is 8.04. The van der Waals surface area contributed by atoms with Gasteiger partial charge in [-0.05, 0) is 18.1 Å². The van der Waals surface area contributed by atoms with E-state index in [2.05, 4.69) is 19.2 Å². The molecule has 0 aliphatic carbocycles. The molecule has 96 valence electrons. The smallest absolute Gasteiger partial charge is 0.345 e. The second kappa shape index (κ2) is 6.74. The standard InChI is InChI=1S/C12H19NO3S/c1-8(2)10(7-16-3)13-6-9-4-5-11(17-9)12(14)15/h4-5,8,10,13H,6-7H2,1-3H3,(H,14,15). The van der Waals surface area contributed by atoms with E-state index in [0.29, 0.717) is 23.9 Å². The Morgan fingerprint density at radius 1 is 1.53 bits per heavy atom. The number of hydrogen-bond acceptors (Lipinski definition) is 4. The summed E-state index contributed by atoms with van der Waals surface area (Å²) >= 11 is 1.31. The fourth-order valence-electron chi connectivity index (χ4n) is 1.49. The van der Waals surface area contributed by atoms with E-state index >= 15 is 0 Å². The molecule has 1 atom stereocenters. The lowest BCUT2D eigenvalue weighted by molar-refractivity contribution is 0.0702. The van der Waals surface area contributed by atoms with Gasteiger partial charge in [-0.3, -0.25) is 0 Å². The molecule has 0 fully saturated rings. The Morgan fingerprint density at radius 2 is 2.24 bits per heavy atom. The van der Waals surface area contributed by atoms with Crippen molar-refractivity contribution in [1.82, 2.24) is 5.32 Å². The first kappa shape index (κ1) is 14.2. The van der Waals surface area contributed by atoms with Crippen LogP contribution in [0.4, 0.5) is 0 Å². The van der Waals surface area contributed by atoms with Crippen molar-refractivity contribution < 1.29 is 14.6 Å². The van der Waals surface area contributed by atoms with Crippen molar-refractivity contribution in [1.29, 1.82) is 0 Å². The highest BCUT2D eigenvalue weighted by molar-refractivity contribution is 7.13. The zero-order valence-electron chi connectivity index (χ0n) is 10.4. The first-order valence-corrected chi connectivity index (χ1v) is 6.40. The fourth-order valence-corrected chi connectivity index (χ4v) is 2.28. The highest BCUT2D eigenvalue weighted by atomic mass is 32.1. The summed E-state index contributed by atoms with van der Waals surface area (Å²) < 4.78 is 5.14. The Labute approximate surface area is 106 Å². The molecular weight excluding hydrogens is 238 g/mol. The van der Waals surface area contributed by atoms with Gasteiger partial charge in [0.05, 0.1) is 6.61 Å². The molecular formula is C12H19NO3S. The molecule has 0 saturated carbocycles. The van der Waals surface area contributed by atoms with Crippen LogP contribution in [0.5, 0.6) is 0 Å². The zero-order valence-corrected chi connectivity index (χ0v) is 11.2. The van der Waals surface area contributed by atoms with E-state index in [1.165, 1.54) is 11.3 Å². The number of carbonyl (C=O) groups is 1. The van der Waals surface area contributed by atoms with Gasteiger partial charge in [-0.25, -0.2) is 4.79 Å². The van der Waals surface area contributed by atoms with Gasteiger partial charge >= 0.3 is 5.97 Å². The summed E-state index contributed by atoms with van der Waals surface area (Å²) in [6.45, 7) is 5.61. The van der Waals surface area contributed by atoms with Crippen LogP contribution in [0.2, 0.25) is 0 Å². The lowest BCUT2D eigenvalue weighted by Gasteiger charge is -2.21. The van der Waals surface area contributed by atoms with Crippen LogP contribution in [-0.2, 0) is 11.3 Å². The molecule has 0 aliphatic heterocycles. The van der Waals surface area contributed by atoms with Crippen LogP contribution < -0.4 is 5.32 Å². The summed E-state index contributed by atoms with van der Waals surface area (Å²) in [4.78, 5) is 12.1. The van der Waals surface area contributed by atoms with Crippen LogP contribution in [0.15, 0.2) is 12.1 Å². The number of thiophene rings is 1. The monoisotopic (exact) mass is 257 g/mol. The Kier molecular flexibility index (Phi) is 5.61. The maximum Gasteiger partial charge on any atom is 0.345 e. The van der Waals surface area contributed by atoms with Crippen molar-refractivity contribution in [2.24, 2.45) is 5.92 Å². The quantitative estimate of drug-likeness (QED) is 0.786. The van der Waals surface area contributed by atoms with Crippen molar-refractivity contribution in [2.75, 3.05) is 13.7 Å². The number of carboxylic acid groups (broad SMARTS) is 1. The predicted molar refractivity (Wildman–Crippen MR) is 68.6 cm³/mol. The number of hydrogen-bond donors (Lipinski definition) is 2. The summed E-state index contributed by atoms with van der Waals surface area (Å²) in [5, 5.41) is 12.2. The largest absolute Gasteiger partial charge is 0.477 e. The van der Waals surface area contributed by atoms with Crippen molar-refractivity contribution in [3.63, 3.8) is 0 Å². The molecule has 1 aromatic rings. The summed E-state index contributed by atoms with van der Waals surface area (Å²) in [5.41, 5.74) is 0. The number of methoxy groups -OCH3 is 1. The number of aromatic carboxylic acids is 1. The molecule has 2 N–H and O–H groups in total. The summed E-state index contributed by atoms with van der Waals surface area (Å²) in [5.74, 6) is -0.382. The van der Waals surface area contributed by atoms with Gasteiger partial charge in [0, 0.05) is 24.6 Å². The van der Waals surface area contributed by atoms with Crippen LogP contribution in [0, 0.1) is 5.92 Å². The van der Waals surface area contributed by atoms with Gasteiger partial charge in [0.25, 0.3) is 0 Å². The van der Waals surface area contributed by atoms with E-state index in [1.54, 1.807) is 13.2 Å². The van der Waals surface area contributed by atoms with Crippen LogP contribution >= 0.6 is 11.3 Å². The minimum absolute atomic E-state index is 0.287. The van der Waals surface area contributed by atoms with Gasteiger partial charge < -0.3 is 15.2 Å². The molecule has 1 heterocycles. The number of ether oxygens (including phenoxy) is 1. The molecule has 0 saturated heterocycles. The fraction of sp³-hybridized carbons (Fsp3) is 0.583. The third kappa shape index (κ3) is 4.46. The Morgan fingerprint density at radius 3 is 2.71 bits per heavy atom. The summed E-state index contributed by atoms with van der Waals surface area (Å²) in [7, 11) is 1.69. The van der Waals surface area contributed by atoms with E-state index in [0.717, 1.165) is 4.88 Å². The lowest BCUT2D eigenvalue weighted by atomic mass is 10.1. The number of rotatable bonds is 7. The van der Waals surface area contributed by atoms with Gasteiger partial charge in [0.1, 0.15) is 4.88 Å². The summed E-state index contributed by atoms with van der Waals surface area (Å²) in [6.07, 6.45) is 0. The van der Waals surface area contributed by atoms with Crippen LogP contribution in [0.1, 0.15) is 28.4 Å². The Hall–Kier alpha value is -0.910. The molecule has 1 rings (SSSR count). The topological polar surface area (TPSA) is 58.6 Å². The summed E-state index contributed by atoms with van der Waals surface area (Å²) in [6, 6.07) is 3.78. The Balaban J connectivity index is 2.50. The van der Waals surface area contributed by atoms with Crippen molar-refractivity contribution in [2.45, 2.75) is 26.4 Å². The van der Waals surface area contributed by atoms with Crippen molar-refractivity contribution in [3.8, 4) is 0 Å². The van der Waals surface area contributed by atoms with Gasteiger partial charge in [-0.15, -0.1) is 11.3 Å². The van der Waals surface area contributed by atoms with E-state index in [1.807, 2.05) is 6.07 Å². The second-order valence-corrected chi connectivity index (χ2v) is 5.43. The molecule has 0 aromatic carbocycles. The molecule has 17 heavy (non-hydrogen) atoms. The highest BCUT2D eigenvalue weighted by Crippen LogP contribution is 2.16.